The largest absolute Gasteiger partial charge is 0.311 e. The minimum Gasteiger partial charge on any atom is -0.311 e. The highest BCUT2D eigenvalue weighted by molar-refractivity contribution is 6.03. The van der Waals surface area contributed by atoms with Crippen LogP contribution in [0.3, 0.4) is 0 Å². The van der Waals surface area contributed by atoms with Crippen LogP contribution in [0.4, 0.5) is 0 Å². The van der Waals surface area contributed by atoms with Crippen molar-refractivity contribution in [1.82, 2.24) is 9.97 Å². The Labute approximate surface area is 95.8 Å². The third-order valence-electron chi connectivity index (χ3n) is 2.43. The van der Waals surface area contributed by atoms with Gasteiger partial charge >= 0.3 is 0 Å². The molecule has 0 aromatic carbocycles. The predicted octanol–water partition coefficient (Wildman–Crippen LogP) is 1.85. The van der Waals surface area contributed by atoms with Gasteiger partial charge in [-0.3, -0.25) is 9.79 Å². The fraction of sp³-hybridized carbons (Fsp3) is 0.583. The van der Waals surface area contributed by atoms with Gasteiger partial charge in [-0.05, 0) is 13.8 Å². The van der Waals surface area contributed by atoms with Crippen LogP contribution < -0.4 is 5.56 Å². The number of nitrogens with zero attached hydrogens (tertiary/aromatic N) is 2. The van der Waals surface area contributed by atoms with Crippen molar-refractivity contribution in [3.05, 3.63) is 27.4 Å². The number of hydrogen-bond acceptors (Lipinski definition) is 3. The topological polar surface area (TPSA) is 58.1 Å². The number of aromatic amines is 1. The first-order valence-electron chi connectivity index (χ1n) is 5.32. The van der Waals surface area contributed by atoms with Gasteiger partial charge in [0.2, 0.25) is 0 Å². The van der Waals surface area contributed by atoms with Gasteiger partial charge in [0, 0.05) is 18.0 Å². The molecule has 0 amide bonds. The van der Waals surface area contributed by atoms with Crippen LogP contribution in [-0.4, -0.2) is 22.7 Å². The number of aromatic nitrogens is 2. The minimum atomic E-state index is -0.118. The highest BCUT2D eigenvalue weighted by Crippen LogP contribution is 2.21. The second kappa shape index (κ2) is 4.20. The van der Waals surface area contributed by atoms with Crippen LogP contribution in [-0.2, 0) is 0 Å². The first-order chi connectivity index (χ1) is 7.27. The van der Waals surface area contributed by atoms with Crippen molar-refractivity contribution >= 4 is 5.71 Å². The lowest BCUT2D eigenvalue weighted by Crippen LogP contribution is -2.28. The number of nitrogens with one attached hydrogen (secondary N) is 1. The molecule has 1 aromatic rings. The van der Waals surface area contributed by atoms with E-state index >= 15 is 0 Å². The molecular weight excluding hydrogens is 202 g/mol. The summed E-state index contributed by atoms with van der Waals surface area (Å²) in [5.41, 5.74) is 1.98. The second-order valence-electron chi connectivity index (χ2n) is 4.95. The molecule has 0 aliphatic heterocycles. The normalized spacial score (nSPS) is 13.0. The lowest BCUT2D eigenvalue weighted by molar-refractivity contribution is 0.588. The Bertz CT molecular complexity index is 478. The van der Waals surface area contributed by atoms with Crippen LogP contribution in [0.1, 0.15) is 37.9 Å². The molecule has 0 spiro atoms. The molecule has 0 saturated heterocycles. The summed E-state index contributed by atoms with van der Waals surface area (Å²) in [6.45, 7) is 9.74. The summed E-state index contributed by atoms with van der Waals surface area (Å²) in [5.74, 6) is 0.621. The second-order valence-corrected chi connectivity index (χ2v) is 4.95. The molecule has 16 heavy (non-hydrogen) atoms. The van der Waals surface area contributed by atoms with Crippen LogP contribution in [0.2, 0.25) is 0 Å². The molecule has 0 bridgehead atoms. The number of aryl methyl sites for hydroxylation is 1. The third kappa shape index (κ3) is 2.38. The van der Waals surface area contributed by atoms with E-state index in [1.807, 2.05) is 0 Å². The van der Waals surface area contributed by atoms with E-state index in [4.69, 9.17) is 0 Å². The van der Waals surface area contributed by atoms with Crippen LogP contribution in [0.5, 0.6) is 0 Å². The number of hydrogen-bond donors (Lipinski definition) is 1. The van der Waals surface area contributed by atoms with Gasteiger partial charge in [-0.1, -0.05) is 20.8 Å². The van der Waals surface area contributed by atoms with Crippen LogP contribution in [0.15, 0.2) is 9.79 Å². The van der Waals surface area contributed by atoms with E-state index in [2.05, 4.69) is 35.7 Å². The molecule has 0 fully saturated rings. The van der Waals surface area contributed by atoms with Gasteiger partial charge < -0.3 is 4.98 Å². The SMILES string of the molecule is CN=C(c1nc(C)[nH]c(=O)c1C)C(C)(C)C. The Morgan fingerprint density at radius 1 is 1.31 bits per heavy atom. The molecule has 1 heterocycles. The van der Waals surface area contributed by atoms with Gasteiger partial charge in [-0.15, -0.1) is 0 Å². The fourth-order valence-electron chi connectivity index (χ4n) is 1.67. The number of aliphatic imine (C=N–C) groups is 1. The summed E-state index contributed by atoms with van der Waals surface area (Å²) in [6, 6.07) is 0. The number of H-pyrrole nitrogens is 1. The highest BCUT2D eigenvalue weighted by atomic mass is 16.1. The van der Waals surface area contributed by atoms with E-state index in [0.717, 1.165) is 5.71 Å². The maximum atomic E-state index is 11.7. The predicted molar refractivity (Wildman–Crippen MR) is 66.2 cm³/mol. The maximum Gasteiger partial charge on any atom is 0.254 e. The van der Waals surface area contributed by atoms with Gasteiger partial charge in [0.25, 0.3) is 5.56 Å². The van der Waals surface area contributed by atoms with Gasteiger partial charge in [-0.2, -0.15) is 0 Å². The van der Waals surface area contributed by atoms with Gasteiger partial charge in [0.1, 0.15) is 5.82 Å². The lowest BCUT2D eigenvalue weighted by Gasteiger charge is -2.21. The highest BCUT2D eigenvalue weighted by Gasteiger charge is 2.23. The van der Waals surface area contributed by atoms with Gasteiger partial charge in [-0.25, -0.2) is 4.98 Å². The number of rotatable bonds is 1. The van der Waals surface area contributed by atoms with Gasteiger partial charge in [0.15, 0.2) is 0 Å². The van der Waals surface area contributed by atoms with Crippen molar-refractivity contribution < 1.29 is 0 Å². The maximum absolute atomic E-state index is 11.7. The first kappa shape index (κ1) is 12.6. The van der Waals surface area contributed by atoms with E-state index in [-0.39, 0.29) is 11.0 Å². The van der Waals surface area contributed by atoms with E-state index in [1.165, 1.54) is 0 Å². The lowest BCUT2D eigenvalue weighted by atomic mass is 9.86. The molecule has 88 valence electrons. The van der Waals surface area contributed by atoms with Crippen molar-refractivity contribution in [2.24, 2.45) is 10.4 Å². The average molecular weight is 221 g/mol. The summed E-state index contributed by atoms with van der Waals surface area (Å²) in [6.07, 6.45) is 0. The van der Waals surface area contributed by atoms with Crippen molar-refractivity contribution in [2.45, 2.75) is 34.6 Å². The zero-order chi connectivity index (χ0) is 12.5. The summed E-state index contributed by atoms with van der Waals surface area (Å²) in [7, 11) is 1.73. The standard InChI is InChI=1S/C12H19N3O/c1-7-9(10(13-6)12(3,4)5)14-8(2)15-11(7)16/h1-6H3,(H,14,15,16). The van der Waals surface area contributed by atoms with E-state index in [9.17, 15) is 4.79 Å². The van der Waals surface area contributed by atoms with Crippen molar-refractivity contribution in [2.75, 3.05) is 7.05 Å². The molecule has 1 N–H and O–H groups in total. The van der Waals surface area contributed by atoms with Crippen molar-refractivity contribution in [3.63, 3.8) is 0 Å². The average Bonchev–Trinajstić information content (AvgIpc) is 2.11. The molecule has 0 aliphatic carbocycles. The molecule has 0 radical (unpaired) electrons. The monoisotopic (exact) mass is 221 g/mol. The van der Waals surface area contributed by atoms with Crippen LogP contribution in [0, 0.1) is 19.3 Å². The Morgan fingerprint density at radius 3 is 2.31 bits per heavy atom. The molecule has 0 aliphatic rings. The fourth-order valence-corrected chi connectivity index (χ4v) is 1.67. The molecule has 0 unspecified atom stereocenters. The molecule has 1 rings (SSSR count). The first-order valence-corrected chi connectivity index (χ1v) is 5.32. The van der Waals surface area contributed by atoms with E-state index in [1.54, 1.807) is 20.9 Å². The quantitative estimate of drug-likeness (QED) is 0.736. The zero-order valence-corrected chi connectivity index (χ0v) is 10.8. The molecule has 4 heteroatoms. The molecule has 1 aromatic heterocycles. The Hall–Kier alpha value is -1.45. The van der Waals surface area contributed by atoms with Crippen LogP contribution in [0.25, 0.3) is 0 Å². The van der Waals surface area contributed by atoms with E-state index < -0.39 is 0 Å². The summed E-state index contributed by atoms with van der Waals surface area (Å²) >= 11 is 0. The molecular formula is C12H19N3O. The van der Waals surface area contributed by atoms with Gasteiger partial charge in [0.05, 0.1) is 11.4 Å². The molecule has 0 atom stereocenters. The summed E-state index contributed by atoms with van der Waals surface area (Å²) in [4.78, 5) is 23.0. The Kier molecular flexibility index (Phi) is 3.31. The Morgan fingerprint density at radius 2 is 1.88 bits per heavy atom. The minimum absolute atomic E-state index is 0.0899. The summed E-state index contributed by atoms with van der Waals surface area (Å²) < 4.78 is 0. The van der Waals surface area contributed by atoms with Crippen molar-refractivity contribution in [3.8, 4) is 0 Å². The molecule has 0 saturated carbocycles. The van der Waals surface area contributed by atoms with E-state index in [0.29, 0.717) is 17.1 Å². The Balaban J connectivity index is 3.50. The third-order valence-corrected chi connectivity index (χ3v) is 2.43. The molecule has 4 nitrogen and oxygen atoms in total. The van der Waals surface area contributed by atoms with Crippen molar-refractivity contribution in [1.29, 1.82) is 0 Å². The van der Waals surface area contributed by atoms with Crippen LogP contribution >= 0.6 is 0 Å². The smallest absolute Gasteiger partial charge is 0.254 e. The zero-order valence-electron chi connectivity index (χ0n) is 10.8. The summed E-state index contributed by atoms with van der Waals surface area (Å²) in [5, 5.41) is 0.